The standard InChI is InChI=1S/C22H24N2O3/c1-14-11-18-4-3-15(13-23-21(25)16-5-6-16)12-20(18)24(14)22(26)17-7-9-19(27-2)10-8-17/h3-4,7-10,12,14,16H,5-6,11,13H2,1-2H3,(H,23,25)/t14-/m0/s1. The molecule has 1 aliphatic heterocycles. The number of anilines is 1. The van der Waals surface area contributed by atoms with Gasteiger partial charge >= 0.3 is 0 Å². The molecule has 0 radical (unpaired) electrons. The summed E-state index contributed by atoms with van der Waals surface area (Å²) >= 11 is 0. The molecule has 1 atom stereocenters. The van der Waals surface area contributed by atoms with E-state index in [0.717, 1.165) is 36.3 Å². The van der Waals surface area contributed by atoms with Crippen LogP contribution in [0.3, 0.4) is 0 Å². The van der Waals surface area contributed by atoms with Gasteiger partial charge in [0.15, 0.2) is 0 Å². The minimum absolute atomic E-state index is 0.0110. The van der Waals surface area contributed by atoms with Crippen molar-refractivity contribution in [2.75, 3.05) is 12.0 Å². The fraction of sp³-hybridized carbons (Fsp3) is 0.364. The molecule has 0 aromatic heterocycles. The first kappa shape index (κ1) is 17.6. The van der Waals surface area contributed by atoms with Gasteiger partial charge in [-0.2, -0.15) is 0 Å². The lowest BCUT2D eigenvalue weighted by atomic mass is 10.1. The summed E-state index contributed by atoms with van der Waals surface area (Å²) in [6.45, 7) is 2.57. The molecule has 2 amide bonds. The molecule has 27 heavy (non-hydrogen) atoms. The maximum absolute atomic E-state index is 13.1. The van der Waals surface area contributed by atoms with Crippen molar-refractivity contribution in [3.8, 4) is 5.75 Å². The minimum Gasteiger partial charge on any atom is -0.497 e. The summed E-state index contributed by atoms with van der Waals surface area (Å²) in [4.78, 5) is 26.9. The molecule has 2 aromatic carbocycles. The summed E-state index contributed by atoms with van der Waals surface area (Å²) in [6, 6.07) is 13.5. The van der Waals surface area contributed by atoms with Crippen molar-refractivity contribution >= 4 is 17.5 Å². The van der Waals surface area contributed by atoms with Crippen molar-refractivity contribution in [3.63, 3.8) is 0 Å². The van der Waals surface area contributed by atoms with Crippen molar-refractivity contribution in [2.45, 2.75) is 38.8 Å². The number of hydrogen-bond acceptors (Lipinski definition) is 3. The van der Waals surface area contributed by atoms with Gasteiger partial charge in [-0.1, -0.05) is 12.1 Å². The molecule has 1 heterocycles. The summed E-state index contributed by atoms with van der Waals surface area (Å²) in [5, 5.41) is 3.00. The number of ether oxygens (including phenoxy) is 1. The molecule has 0 saturated heterocycles. The number of carbonyl (C=O) groups excluding carboxylic acids is 2. The van der Waals surface area contributed by atoms with Crippen LogP contribution in [0, 0.1) is 5.92 Å². The van der Waals surface area contributed by atoms with Crippen LogP contribution in [-0.2, 0) is 17.8 Å². The van der Waals surface area contributed by atoms with E-state index in [2.05, 4.69) is 18.3 Å². The fourth-order valence-electron chi connectivity index (χ4n) is 3.62. The Labute approximate surface area is 159 Å². The molecular formula is C22H24N2O3. The Balaban J connectivity index is 1.54. The lowest BCUT2D eigenvalue weighted by Gasteiger charge is -2.23. The van der Waals surface area contributed by atoms with Crippen molar-refractivity contribution in [2.24, 2.45) is 5.92 Å². The van der Waals surface area contributed by atoms with Gasteiger partial charge in [-0.25, -0.2) is 0 Å². The Kier molecular flexibility index (Phi) is 4.60. The molecule has 2 aliphatic rings. The molecule has 0 bridgehead atoms. The number of carbonyl (C=O) groups is 2. The summed E-state index contributed by atoms with van der Waals surface area (Å²) in [7, 11) is 1.61. The SMILES string of the molecule is COc1ccc(C(=O)N2c3cc(CNC(=O)C4CC4)ccc3C[C@@H]2C)cc1. The van der Waals surface area contributed by atoms with E-state index in [9.17, 15) is 9.59 Å². The fourth-order valence-corrected chi connectivity index (χ4v) is 3.62. The quantitative estimate of drug-likeness (QED) is 0.885. The predicted molar refractivity (Wildman–Crippen MR) is 104 cm³/mol. The third-order valence-electron chi connectivity index (χ3n) is 5.34. The molecule has 0 unspecified atom stereocenters. The average Bonchev–Trinajstić information content (AvgIpc) is 3.48. The molecule has 1 saturated carbocycles. The first-order valence-electron chi connectivity index (χ1n) is 9.44. The Morgan fingerprint density at radius 1 is 1.15 bits per heavy atom. The van der Waals surface area contributed by atoms with Crippen LogP contribution in [0.25, 0.3) is 0 Å². The molecule has 5 nitrogen and oxygen atoms in total. The van der Waals surface area contributed by atoms with Gasteiger partial charge < -0.3 is 15.0 Å². The predicted octanol–water partition coefficient (Wildman–Crippen LogP) is 3.31. The zero-order valence-electron chi connectivity index (χ0n) is 15.7. The van der Waals surface area contributed by atoms with Gasteiger partial charge in [-0.3, -0.25) is 9.59 Å². The van der Waals surface area contributed by atoms with Crippen LogP contribution < -0.4 is 15.0 Å². The summed E-state index contributed by atoms with van der Waals surface area (Å²) < 4.78 is 5.18. The Bertz CT molecular complexity index is 872. The lowest BCUT2D eigenvalue weighted by Crippen LogP contribution is -2.35. The highest BCUT2D eigenvalue weighted by molar-refractivity contribution is 6.07. The van der Waals surface area contributed by atoms with Crippen molar-refractivity contribution < 1.29 is 14.3 Å². The Morgan fingerprint density at radius 2 is 1.89 bits per heavy atom. The highest BCUT2D eigenvalue weighted by Crippen LogP contribution is 2.34. The first-order chi connectivity index (χ1) is 13.1. The monoisotopic (exact) mass is 364 g/mol. The number of amides is 2. The molecular weight excluding hydrogens is 340 g/mol. The third kappa shape index (κ3) is 3.54. The second kappa shape index (κ2) is 7.06. The van der Waals surface area contributed by atoms with Gasteiger partial charge in [0, 0.05) is 29.8 Å². The zero-order chi connectivity index (χ0) is 19.0. The van der Waals surface area contributed by atoms with Gasteiger partial charge in [0.05, 0.1) is 7.11 Å². The number of benzene rings is 2. The number of fused-ring (bicyclic) bond motifs is 1. The first-order valence-corrected chi connectivity index (χ1v) is 9.44. The van der Waals surface area contributed by atoms with E-state index in [1.807, 2.05) is 17.0 Å². The molecule has 1 N–H and O–H groups in total. The number of nitrogens with zero attached hydrogens (tertiary/aromatic N) is 1. The normalized spacial score (nSPS) is 18.1. The minimum atomic E-state index is -0.0110. The van der Waals surface area contributed by atoms with E-state index in [1.54, 1.807) is 31.4 Å². The van der Waals surface area contributed by atoms with Crippen LogP contribution in [0.1, 0.15) is 41.3 Å². The van der Waals surface area contributed by atoms with Gasteiger partial charge in [0.2, 0.25) is 5.91 Å². The second-order valence-electron chi connectivity index (χ2n) is 7.41. The van der Waals surface area contributed by atoms with Crippen LogP contribution in [0.15, 0.2) is 42.5 Å². The number of methoxy groups -OCH3 is 1. The second-order valence-corrected chi connectivity index (χ2v) is 7.41. The van der Waals surface area contributed by atoms with Gasteiger partial charge in [0.1, 0.15) is 5.75 Å². The number of nitrogens with one attached hydrogen (secondary N) is 1. The number of rotatable bonds is 5. The van der Waals surface area contributed by atoms with Gasteiger partial charge in [0.25, 0.3) is 5.91 Å². The molecule has 0 spiro atoms. The van der Waals surface area contributed by atoms with E-state index >= 15 is 0 Å². The van der Waals surface area contributed by atoms with Crippen molar-refractivity contribution in [1.29, 1.82) is 0 Å². The largest absolute Gasteiger partial charge is 0.497 e. The molecule has 1 aliphatic carbocycles. The van der Waals surface area contributed by atoms with Gasteiger partial charge in [-0.15, -0.1) is 0 Å². The summed E-state index contributed by atoms with van der Waals surface area (Å²) in [5.74, 6) is 1.06. The van der Waals surface area contributed by atoms with E-state index in [-0.39, 0.29) is 23.8 Å². The van der Waals surface area contributed by atoms with Crippen molar-refractivity contribution in [3.05, 3.63) is 59.2 Å². The Morgan fingerprint density at radius 3 is 2.56 bits per heavy atom. The van der Waals surface area contributed by atoms with E-state index in [1.165, 1.54) is 5.56 Å². The van der Waals surface area contributed by atoms with E-state index < -0.39 is 0 Å². The summed E-state index contributed by atoms with van der Waals surface area (Å²) in [5.41, 5.74) is 3.77. The molecule has 4 rings (SSSR count). The van der Waals surface area contributed by atoms with Crippen LogP contribution in [0.2, 0.25) is 0 Å². The lowest BCUT2D eigenvalue weighted by molar-refractivity contribution is -0.122. The highest BCUT2D eigenvalue weighted by Gasteiger charge is 2.32. The van der Waals surface area contributed by atoms with Crippen LogP contribution in [0.5, 0.6) is 5.75 Å². The number of hydrogen-bond donors (Lipinski definition) is 1. The van der Waals surface area contributed by atoms with Crippen LogP contribution in [-0.4, -0.2) is 25.0 Å². The van der Waals surface area contributed by atoms with Crippen LogP contribution >= 0.6 is 0 Å². The zero-order valence-corrected chi connectivity index (χ0v) is 15.7. The van der Waals surface area contributed by atoms with Crippen molar-refractivity contribution in [1.82, 2.24) is 5.32 Å². The molecule has 5 heteroatoms. The summed E-state index contributed by atoms with van der Waals surface area (Å²) in [6.07, 6.45) is 2.83. The molecule has 1 fully saturated rings. The van der Waals surface area contributed by atoms with Crippen LogP contribution in [0.4, 0.5) is 5.69 Å². The topological polar surface area (TPSA) is 58.6 Å². The Hall–Kier alpha value is -2.82. The maximum Gasteiger partial charge on any atom is 0.258 e. The average molecular weight is 364 g/mol. The van der Waals surface area contributed by atoms with E-state index in [4.69, 9.17) is 4.74 Å². The van der Waals surface area contributed by atoms with Gasteiger partial charge in [-0.05, 0) is 67.6 Å². The smallest absolute Gasteiger partial charge is 0.258 e. The van der Waals surface area contributed by atoms with E-state index in [0.29, 0.717) is 12.1 Å². The maximum atomic E-state index is 13.1. The highest BCUT2D eigenvalue weighted by atomic mass is 16.5. The molecule has 140 valence electrons. The molecule has 2 aromatic rings. The third-order valence-corrected chi connectivity index (χ3v) is 5.34.